The lowest BCUT2D eigenvalue weighted by molar-refractivity contribution is 0.264. The Hall–Kier alpha value is -2.35. The van der Waals surface area contributed by atoms with E-state index in [0.29, 0.717) is 30.3 Å². The van der Waals surface area contributed by atoms with E-state index in [2.05, 4.69) is 5.32 Å². The van der Waals surface area contributed by atoms with Crippen molar-refractivity contribution in [2.75, 3.05) is 26.7 Å². The summed E-state index contributed by atoms with van der Waals surface area (Å²) in [6, 6.07) is 15.0. The molecule has 0 spiro atoms. The monoisotopic (exact) mass is 399 g/mol. The van der Waals surface area contributed by atoms with Crippen LogP contribution in [0.2, 0.25) is 0 Å². The van der Waals surface area contributed by atoms with Crippen LogP contribution in [0.25, 0.3) is 10.9 Å². The maximum absolute atomic E-state index is 13.9. The first-order valence-electron chi connectivity index (χ1n) is 9.36. The average Bonchev–Trinajstić information content (AvgIpc) is 2.99. The second-order valence-corrected chi connectivity index (χ2v) is 8.90. The number of methoxy groups -OCH3 is 1. The summed E-state index contributed by atoms with van der Waals surface area (Å²) in [5.41, 5.74) is 2.54. The molecule has 1 N–H and O–H groups in total. The summed E-state index contributed by atoms with van der Waals surface area (Å²) in [6.45, 7) is 3.44. The van der Waals surface area contributed by atoms with E-state index in [1.165, 1.54) is 0 Å². The number of para-hydroxylation sites is 2. The number of ether oxygens (including phenoxy) is 1. The minimum atomic E-state index is -3.70. The molecule has 1 unspecified atom stereocenters. The lowest BCUT2D eigenvalue weighted by atomic mass is 10.0. The van der Waals surface area contributed by atoms with Gasteiger partial charge < -0.3 is 14.6 Å². The van der Waals surface area contributed by atoms with Crippen LogP contribution in [0.1, 0.15) is 17.3 Å². The van der Waals surface area contributed by atoms with E-state index in [0.717, 1.165) is 22.2 Å². The molecule has 0 aliphatic carbocycles. The van der Waals surface area contributed by atoms with E-state index >= 15 is 0 Å². The molecule has 2 heterocycles. The molecule has 2 aromatic carbocycles. The molecule has 6 nitrogen and oxygen atoms in total. The van der Waals surface area contributed by atoms with Crippen LogP contribution in [0.4, 0.5) is 0 Å². The predicted molar refractivity (Wildman–Crippen MR) is 110 cm³/mol. The van der Waals surface area contributed by atoms with Crippen molar-refractivity contribution in [2.24, 2.45) is 7.05 Å². The number of rotatable bonds is 4. The van der Waals surface area contributed by atoms with Gasteiger partial charge in [-0.2, -0.15) is 4.31 Å². The van der Waals surface area contributed by atoms with Gasteiger partial charge in [-0.25, -0.2) is 8.42 Å². The summed E-state index contributed by atoms with van der Waals surface area (Å²) in [7, 11) is -0.181. The van der Waals surface area contributed by atoms with Gasteiger partial charge in [0.05, 0.1) is 13.2 Å². The highest BCUT2D eigenvalue weighted by Gasteiger charge is 2.38. The zero-order valence-electron chi connectivity index (χ0n) is 16.3. The predicted octanol–water partition coefficient (Wildman–Crippen LogP) is 2.83. The molecule has 0 saturated carbocycles. The molecule has 28 heavy (non-hydrogen) atoms. The Morgan fingerprint density at radius 2 is 1.82 bits per heavy atom. The molecule has 148 valence electrons. The Kier molecular flexibility index (Phi) is 4.91. The summed E-state index contributed by atoms with van der Waals surface area (Å²) < 4.78 is 36.8. The van der Waals surface area contributed by atoms with Gasteiger partial charge in [-0.3, -0.25) is 0 Å². The smallest absolute Gasteiger partial charge is 0.246 e. The number of aromatic nitrogens is 1. The number of sulfonamides is 1. The molecule has 1 atom stereocenters. The second kappa shape index (κ2) is 7.24. The Labute approximate surface area is 165 Å². The van der Waals surface area contributed by atoms with Crippen molar-refractivity contribution < 1.29 is 13.2 Å². The molecule has 1 fully saturated rings. The van der Waals surface area contributed by atoms with Gasteiger partial charge in [-0.1, -0.05) is 36.4 Å². The number of nitrogens with zero attached hydrogens (tertiary/aromatic N) is 2. The SMILES string of the molecule is COc1ccccc1C1CNCCN1S(=O)(=O)c1c(C)n(C)c2ccccc12. The average molecular weight is 400 g/mol. The van der Waals surface area contributed by atoms with Crippen LogP contribution in [0.3, 0.4) is 0 Å². The molecule has 1 aliphatic heterocycles. The van der Waals surface area contributed by atoms with Crippen LogP contribution in [0.5, 0.6) is 5.75 Å². The Balaban J connectivity index is 1.88. The molecule has 1 aliphatic rings. The van der Waals surface area contributed by atoms with Gasteiger partial charge in [-0.05, 0) is 19.1 Å². The first kappa shape index (κ1) is 19.0. The number of piperazine rings is 1. The maximum atomic E-state index is 13.9. The van der Waals surface area contributed by atoms with Crippen molar-refractivity contribution in [3.63, 3.8) is 0 Å². The first-order valence-corrected chi connectivity index (χ1v) is 10.8. The molecule has 1 aromatic heterocycles. The normalized spacial score (nSPS) is 18.5. The number of nitrogens with one attached hydrogen (secondary N) is 1. The third kappa shape index (κ3) is 2.90. The van der Waals surface area contributed by atoms with Crippen LogP contribution in [0, 0.1) is 6.92 Å². The summed E-state index contributed by atoms with van der Waals surface area (Å²) in [4.78, 5) is 0.396. The topological polar surface area (TPSA) is 63.6 Å². The van der Waals surface area contributed by atoms with E-state index in [9.17, 15) is 8.42 Å². The minimum Gasteiger partial charge on any atom is -0.496 e. The zero-order chi connectivity index (χ0) is 19.9. The van der Waals surface area contributed by atoms with Crippen LogP contribution in [-0.2, 0) is 17.1 Å². The number of hydrogen-bond acceptors (Lipinski definition) is 4. The highest BCUT2D eigenvalue weighted by molar-refractivity contribution is 7.89. The van der Waals surface area contributed by atoms with Crippen LogP contribution in [0.15, 0.2) is 53.4 Å². The van der Waals surface area contributed by atoms with E-state index in [1.807, 2.05) is 67.1 Å². The van der Waals surface area contributed by atoms with Gasteiger partial charge in [0, 0.05) is 48.8 Å². The number of aryl methyl sites for hydroxylation is 1. The molecular weight excluding hydrogens is 374 g/mol. The second-order valence-electron chi connectivity index (χ2n) is 7.07. The third-order valence-electron chi connectivity index (χ3n) is 5.60. The fourth-order valence-electron chi connectivity index (χ4n) is 4.11. The third-order valence-corrected chi connectivity index (χ3v) is 7.69. The van der Waals surface area contributed by atoms with Crippen molar-refractivity contribution in [1.82, 2.24) is 14.2 Å². The van der Waals surface area contributed by atoms with Gasteiger partial charge in [0.15, 0.2) is 0 Å². The van der Waals surface area contributed by atoms with Crippen LogP contribution < -0.4 is 10.1 Å². The van der Waals surface area contributed by atoms with E-state index in [-0.39, 0.29) is 6.04 Å². The Morgan fingerprint density at radius 1 is 1.11 bits per heavy atom. The molecular formula is C21H25N3O3S. The molecule has 0 radical (unpaired) electrons. The van der Waals surface area contributed by atoms with Gasteiger partial charge in [0.1, 0.15) is 10.6 Å². The largest absolute Gasteiger partial charge is 0.496 e. The molecule has 0 bridgehead atoms. The fraction of sp³-hybridized carbons (Fsp3) is 0.333. The Bertz CT molecular complexity index is 1120. The Morgan fingerprint density at radius 3 is 2.61 bits per heavy atom. The van der Waals surface area contributed by atoms with Crippen molar-refractivity contribution >= 4 is 20.9 Å². The highest BCUT2D eigenvalue weighted by atomic mass is 32.2. The van der Waals surface area contributed by atoms with Gasteiger partial charge in [-0.15, -0.1) is 0 Å². The quantitative estimate of drug-likeness (QED) is 0.733. The molecule has 0 amide bonds. The van der Waals surface area contributed by atoms with E-state index in [1.54, 1.807) is 11.4 Å². The minimum absolute atomic E-state index is 0.326. The van der Waals surface area contributed by atoms with Crippen molar-refractivity contribution in [3.8, 4) is 5.75 Å². The van der Waals surface area contributed by atoms with Crippen LogP contribution >= 0.6 is 0 Å². The summed E-state index contributed by atoms with van der Waals surface area (Å²) in [5.74, 6) is 0.700. The number of benzene rings is 2. The van der Waals surface area contributed by atoms with Gasteiger partial charge in [0.2, 0.25) is 10.0 Å². The molecule has 4 rings (SSSR count). The van der Waals surface area contributed by atoms with E-state index < -0.39 is 10.0 Å². The highest BCUT2D eigenvalue weighted by Crippen LogP contribution is 2.37. The summed E-state index contributed by atoms with van der Waals surface area (Å²) >= 11 is 0. The van der Waals surface area contributed by atoms with Crippen molar-refractivity contribution in [1.29, 1.82) is 0 Å². The first-order chi connectivity index (χ1) is 13.5. The zero-order valence-corrected chi connectivity index (χ0v) is 17.2. The van der Waals surface area contributed by atoms with Crippen LogP contribution in [-0.4, -0.2) is 44.0 Å². The van der Waals surface area contributed by atoms with Gasteiger partial charge in [0.25, 0.3) is 0 Å². The fourth-order valence-corrected chi connectivity index (χ4v) is 6.16. The maximum Gasteiger partial charge on any atom is 0.246 e. The molecule has 1 saturated heterocycles. The van der Waals surface area contributed by atoms with Gasteiger partial charge >= 0.3 is 0 Å². The summed E-state index contributed by atoms with van der Waals surface area (Å²) in [5, 5.41) is 4.09. The lowest BCUT2D eigenvalue weighted by Gasteiger charge is -2.36. The number of hydrogen-bond donors (Lipinski definition) is 1. The summed E-state index contributed by atoms with van der Waals surface area (Å²) in [6.07, 6.45) is 0. The molecule has 3 aromatic rings. The van der Waals surface area contributed by atoms with Crippen molar-refractivity contribution in [2.45, 2.75) is 17.9 Å². The van der Waals surface area contributed by atoms with Crippen molar-refractivity contribution in [3.05, 3.63) is 59.8 Å². The lowest BCUT2D eigenvalue weighted by Crippen LogP contribution is -2.48. The number of fused-ring (bicyclic) bond motifs is 1. The van der Waals surface area contributed by atoms with E-state index in [4.69, 9.17) is 4.74 Å². The molecule has 7 heteroatoms. The standard InChI is InChI=1S/C21H25N3O3S/c1-15-21(17-9-4-6-10-18(17)23(15)2)28(25,26)24-13-12-22-14-19(24)16-8-5-7-11-20(16)27-3/h4-11,19,22H,12-14H2,1-3H3.